The van der Waals surface area contributed by atoms with Gasteiger partial charge in [0.05, 0.1) is 19.3 Å². The average molecular weight is 420 g/mol. The van der Waals surface area contributed by atoms with Gasteiger partial charge in [0.25, 0.3) is 0 Å². The molecule has 0 bridgehead atoms. The lowest BCUT2D eigenvalue weighted by atomic mass is 10.1. The second-order valence-corrected chi connectivity index (χ2v) is 9.23. The predicted molar refractivity (Wildman–Crippen MR) is 113 cm³/mol. The largest absolute Gasteiger partial charge is 0.444 e. The first-order valence-corrected chi connectivity index (χ1v) is 10.7. The smallest absolute Gasteiger partial charge is 0.407 e. The molecule has 0 spiro atoms. The van der Waals surface area contributed by atoms with Gasteiger partial charge in [-0.15, -0.1) is 11.3 Å². The zero-order chi connectivity index (χ0) is 20.9. The van der Waals surface area contributed by atoms with Gasteiger partial charge < -0.3 is 15.4 Å². The normalized spacial score (nSPS) is 15.8. The molecule has 0 atom stereocenters. The number of aromatic nitrogens is 2. The Morgan fingerprint density at radius 2 is 2.03 bits per heavy atom. The fourth-order valence-electron chi connectivity index (χ4n) is 3.21. The highest BCUT2D eigenvalue weighted by molar-refractivity contribution is 7.09. The van der Waals surface area contributed by atoms with Crippen molar-refractivity contribution < 1.29 is 14.3 Å². The fraction of sp³-hybridized carbons (Fsp3) is 0.550. The highest BCUT2D eigenvalue weighted by atomic mass is 32.1. The molecule has 2 aromatic rings. The third kappa shape index (κ3) is 6.86. The van der Waals surface area contributed by atoms with Crippen LogP contribution in [0.4, 0.5) is 10.6 Å². The molecule has 0 radical (unpaired) electrons. The standard InChI is InChI=1S/C20H29N5O3S/c1-20(2,3)28-19(27)22-15-7-10-24(11-8-15)14-18(26)23-17-6-9-21-25(17)13-16-5-4-12-29-16/h4-6,9,12,15H,7-8,10-11,13-14H2,1-3H3,(H,22,27)(H,23,26). The van der Waals surface area contributed by atoms with Crippen molar-refractivity contribution in [2.45, 2.75) is 51.8 Å². The number of nitrogens with one attached hydrogen (secondary N) is 2. The van der Waals surface area contributed by atoms with E-state index in [-0.39, 0.29) is 18.0 Å². The number of alkyl carbamates (subject to hydrolysis) is 1. The minimum absolute atomic E-state index is 0.0588. The van der Waals surface area contributed by atoms with E-state index in [0.717, 1.165) is 25.9 Å². The molecule has 2 amide bonds. The summed E-state index contributed by atoms with van der Waals surface area (Å²) in [5, 5.41) is 12.2. The molecule has 1 aliphatic rings. The first-order valence-electron chi connectivity index (χ1n) is 9.84. The highest BCUT2D eigenvalue weighted by Crippen LogP contribution is 2.15. The van der Waals surface area contributed by atoms with Gasteiger partial charge in [0.15, 0.2) is 0 Å². The minimum Gasteiger partial charge on any atom is -0.444 e. The van der Waals surface area contributed by atoms with Crippen LogP contribution >= 0.6 is 11.3 Å². The number of carbonyl (C=O) groups excluding carboxylic acids is 2. The van der Waals surface area contributed by atoms with Gasteiger partial charge in [-0.2, -0.15) is 5.10 Å². The zero-order valence-electron chi connectivity index (χ0n) is 17.2. The van der Waals surface area contributed by atoms with Crippen molar-refractivity contribution in [1.29, 1.82) is 0 Å². The summed E-state index contributed by atoms with van der Waals surface area (Å²) in [6, 6.07) is 5.94. The number of carbonyl (C=O) groups is 2. The predicted octanol–water partition coefficient (Wildman–Crippen LogP) is 2.92. The number of likely N-dealkylation sites (tertiary alicyclic amines) is 1. The van der Waals surface area contributed by atoms with Crippen LogP contribution in [0.1, 0.15) is 38.5 Å². The first-order chi connectivity index (χ1) is 13.8. The summed E-state index contributed by atoms with van der Waals surface area (Å²) in [6.45, 7) is 8.01. The molecule has 3 rings (SSSR count). The molecule has 29 heavy (non-hydrogen) atoms. The summed E-state index contributed by atoms with van der Waals surface area (Å²) in [6.07, 6.45) is 2.90. The lowest BCUT2D eigenvalue weighted by molar-refractivity contribution is -0.117. The van der Waals surface area contributed by atoms with Gasteiger partial charge in [-0.3, -0.25) is 9.69 Å². The van der Waals surface area contributed by atoms with Gasteiger partial charge in [0.1, 0.15) is 11.4 Å². The maximum atomic E-state index is 12.5. The third-order valence-electron chi connectivity index (χ3n) is 4.55. The second kappa shape index (κ2) is 9.41. The molecule has 2 aromatic heterocycles. The first kappa shape index (κ1) is 21.3. The van der Waals surface area contributed by atoms with E-state index in [2.05, 4.69) is 20.6 Å². The Morgan fingerprint density at radius 3 is 2.69 bits per heavy atom. The lowest BCUT2D eigenvalue weighted by Crippen LogP contribution is -2.47. The Bertz CT molecular complexity index is 804. The van der Waals surface area contributed by atoms with Gasteiger partial charge in [0.2, 0.25) is 5.91 Å². The van der Waals surface area contributed by atoms with E-state index < -0.39 is 5.60 Å². The highest BCUT2D eigenvalue weighted by Gasteiger charge is 2.24. The van der Waals surface area contributed by atoms with E-state index in [1.807, 2.05) is 44.4 Å². The maximum Gasteiger partial charge on any atom is 0.407 e. The van der Waals surface area contributed by atoms with Crippen molar-refractivity contribution in [1.82, 2.24) is 20.0 Å². The molecule has 1 fully saturated rings. The average Bonchev–Trinajstić information content (AvgIpc) is 3.28. The van der Waals surface area contributed by atoms with E-state index in [4.69, 9.17) is 4.74 Å². The molecule has 0 unspecified atom stereocenters. The van der Waals surface area contributed by atoms with Crippen molar-refractivity contribution in [2.24, 2.45) is 0 Å². The summed E-state index contributed by atoms with van der Waals surface area (Å²) in [5.41, 5.74) is -0.501. The Morgan fingerprint density at radius 1 is 1.28 bits per heavy atom. The molecule has 3 heterocycles. The molecule has 2 N–H and O–H groups in total. The number of amides is 2. The number of nitrogens with zero attached hydrogens (tertiary/aromatic N) is 3. The van der Waals surface area contributed by atoms with Gasteiger partial charge in [-0.05, 0) is 45.1 Å². The summed E-state index contributed by atoms with van der Waals surface area (Å²) in [4.78, 5) is 27.6. The van der Waals surface area contributed by atoms with Crippen LogP contribution < -0.4 is 10.6 Å². The Balaban J connectivity index is 1.41. The Hall–Kier alpha value is -2.39. The van der Waals surface area contributed by atoms with Crippen LogP contribution in [0.25, 0.3) is 0 Å². The van der Waals surface area contributed by atoms with Crippen molar-refractivity contribution >= 4 is 29.2 Å². The summed E-state index contributed by atoms with van der Waals surface area (Å²) >= 11 is 1.66. The molecule has 0 aliphatic carbocycles. The summed E-state index contributed by atoms with van der Waals surface area (Å²) in [7, 11) is 0. The number of ether oxygens (including phenoxy) is 1. The molecule has 9 heteroatoms. The van der Waals surface area contributed by atoms with Crippen LogP contribution in [-0.2, 0) is 16.1 Å². The van der Waals surface area contributed by atoms with Gasteiger partial charge in [0, 0.05) is 30.1 Å². The van der Waals surface area contributed by atoms with Crippen molar-refractivity contribution in [3.63, 3.8) is 0 Å². The summed E-state index contributed by atoms with van der Waals surface area (Å²) in [5.74, 6) is 0.640. The molecular formula is C20H29N5O3S. The molecule has 1 aliphatic heterocycles. The van der Waals surface area contributed by atoms with Crippen LogP contribution in [0.2, 0.25) is 0 Å². The molecule has 0 saturated carbocycles. The Labute approximate surface area is 175 Å². The zero-order valence-corrected chi connectivity index (χ0v) is 18.0. The van der Waals surface area contributed by atoms with Gasteiger partial charge >= 0.3 is 6.09 Å². The van der Waals surface area contributed by atoms with Gasteiger partial charge in [-0.1, -0.05) is 6.07 Å². The van der Waals surface area contributed by atoms with E-state index in [1.165, 1.54) is 4.88 Å². The number of rotatable bonds is 6. The third-order valence-corrected chi connectivity index (χ3v) is 5.41. The number of thiophene rings is 1. The number of hydrogen-bond donors (Lipinski definition) is 2. The molecular weight excluding hydrogens is 390 g/mol. The molecule has 1 saturated heterocycles. The van der Waals surface area contributed by atoms with Crippen LogP contribution in [0.5, 0.6) is 0 Å². The number of anilines is 1. The quantitative estimate of drug-likeness (QED) is 0.752. The molecule has 158 valence electrons. The maximum absolute atomic E-state index is 12.5. The van der Waals surface area contributed by atoms with E-state index >= 15 is 0 Å². The lowest BCUT2D eigenvalue weighted by Gasteiger charge is -2.32. The van der Waals surface area contributed by atoms with Crippen molar-refractivity contribution in [2.75, 3.05) is 25.0 Å². The van der Waals surface area contributed by atoms with Gasteiger partial charge in [-0.25, -0.2) is 9.48 Å². The van der Waals surface area contributed by atoms with Crippen LogP contribution in [-0.4, -0.2) is 58.0 Å². The van der Waals surface area contributed by atoms with Crippen molar-refractivity contribution in [3.05, 3.63) is 34.7 Å². The van der Waals surface area contributed by atoms with Crippen molar-refractivity contribution in [3.8, 4) is 0 Å². The fourth-order valence-corrected chi connectivity index (χ4v) is 3.90. The SMILES string of the molecule is CC(C)(C)OC(=O)NC1CCN(CC(=O)Nc2ccnn2Cc2cccs2)CC1. The summed E-state index contributed by atoms with van der Waals surface area (Å²) < 4.78 is 7.10. The van der Waals surface area contributed by atoms with Crippen LogP contribution in [0.3, 0.4) is 0 Å². The van der Waals surface area contributed by atoms with Crippen LogP contribution in [0, 0.1) is 0 Å². The minimum atomic E-state index is -0.501. The van der Waals surface area contributed by atoms with E-state index in [9.17, 15) is 9.59 Å². The van der Waals surface area contributed by atoms with E-state index in [0.29, 0.717) is 18.9 Å². The van der Waals surface area contributed by atoms with E-state index in [1.54, 1.807) is 22.2 Å². The monoisotopic (exact) mass is 419 g/mol. The number of piperidine rings is 1. The molecule has 8 nitrogen and oxygen atoms in total. The van der Waals surface area contributed by atoms with Crippen LogP contribution in [0.15, 0.2) is 29.8 Å². The topological polar surface area (TPSA) is 88.5 Å². The number of hydrogen-bond acceptors (Lipinski definition) is 6. The Kier molecular flexibility index (Phi) is 6.92. The second-order valence-electron chi connectivity index (χ2n) is 8.20. The molecule has 0 aromatic carbocycles.